The van der Waals surface area contributed by atoms with Crippen molar-refractivity contribution in [2.24, 2.45) is 12.0 Å². The number of aliphatic imine (C=N–C) groups is 1. The molecule has 1 aliphatic heterocycles. The van der Waals surface area contributed by atoms with Gasteiger partial charge in [0.2, 0.25) is 0 Å². The summed E-state index contributed by atoms with van der Waals surface area (Å²) in [7, 11) is 1.92. The van der Waals surface area contributed by atoms with E-state index in [1.807, 2.05) is 48.5 Å². The highest BCUT2D eigenvalue weighted by Gasteiger charge is 2.25. The van der Waals surface area contributed by atoms with Crippen molar-refractivity contribution in [2.45, 2.75) is 19.4 Å². The van der Waals surface area contributed by atoms with Crippen molar-refractivity contribution in [1.82, 2.24) is 25.0 Å². The minimum absolute atomic E-state index is 0.0297. The summed E-state index contributed by atoms with van der Waals surface area (Å²) >= 11 is 0. The molecule has 3 heterocycles. The van der Waals surface area contributed by atoms with E-state index in [0.29, 0.717) is 13.2 Å². The molecule has 134 valence electrons. The number of aryl methyl sites for hydroxylation is 1. The summed E-state index contributed by atoms with van der Waals surface area (Å²) in [6.45, 7) is 5.95. The molecule has 1 fully saturated rings. The molecule has 0 radical (unpaired) electrons. The average Bonchev–Trinajstić information content (AvgIpc) is 3.08. The van der Waals surface area contributed by atoms with Gasteiger partial charge < -0.3 is 15.0 Å². The average molecular weight is 342 g/mol. The Labute approximate surface area is 148 Å². The van der Waals surface area contributed by atoms with Gasteiger partial charge in [0.05, 0.1) is 19.3 Å². The van der Waals surface area contributed by atoms with E-state index in [1.165, 1.54) is 0 Å². The fraction of sp³-hybridized carbons (Fsp3) is 0.500. The van der Waals surface area contributed by atoms with Crippen LogP contribution in [0.5, 0.6) is 0 Å². The van der Waals surface area contributed by atoms with Gasteiger partial charge in [0.25, 0.3) is 0 Å². The van der Waals surface area contributed by atoms with E-state index in [1.54, 1.807) is 0 Å². The van der Waals surface area contributed by atoms with Gasteiger partial charge >= 0.3 is 0 Å². The number of morpholine rings is 1. The van der Waals surface area contributed by atoms with Gasteiger partial charge in [-0.05, 0) is 19.1 Å². The molecule has 2 aromatic heterocycles. The first-order valence-electron chi connectivity index (χ1n) is 8.79. The van der Waals surface area contributed by atoms with Crippen LogP contribution in [0.25, 0.3) is 0 Å². The lowest BCUT2D eigenvalue weighted by atomic mass is 10.1. The molecule has 1 atom stereocenters. The number of hydrogen-bond acceptors (Lipinski definition) is 4. The Morgan fingerprint density at radius 2 is 2.36 bits per heavy atom. The van der Waals surface area contributed by atoms with Gasteiger partial charge in [-0.25, -0.2) is 0 Å². The minimum atomic E-state index is 0.0297. The van der Waals surface area contributed by atoms with Crippen molar-refractivity contribution in [1.29, 1.82) is 0 Å². The number of aromatic nitrogens is 3. The van der Waals surface area contributed by atoms with Crippen LogP contribution >= 0.6 is 0 Å². The zero-order valence-corrected chi connectivity index (χ0v) is 14.9. The van der Waals surface area contributed by atoms with Crippen LogP contribution in [0.1, 0.15) is 24.3 Å². The summed E-state index contributed by atoms with van der Waals surface area (Å²) in [5.41, 5.74) is 2.17. The summed E-state index contributed by atoms with van der Waals surface area (Å²) < 4.78 is 7.73. The van der Waals surface area contributed by atoms with E-state index in [9.17, 15) is 0 Å². The van der Waals surface area contributed by atoms with Crippen LogP contribution < -0.4 is 5.32 Å². The van der Waals surface area contributed by atoms with Gasteiger partial charge in [0.1, 0.15) is 6.10 Å². The zero-order chi connectivity index (χ0) is 17.5. The van der Waals surface area contributed by atoms with Crippen LogP contribution in [-0.4, -0.2) is 58.4 Å². The molecule has 0 aromatic carbocycles. The fourth-order valence-corrected chi connectivity index (χ4v) is 2.90. The molecule has 0 saturated carbocycles. The molecule has 2 aromatic rings. The van der Waals surface area contributed by atoms with E-state index < -0.39 is 0 Å². The lowest BCUT2D eigenvalue weighted by Gasteiger charge is -2.34. The van der Waals surface area contributed by atoms with E-state index in [-0.39, 0.29) is 6.10 Å². The first-order valence-corrected chi connectivity index (χ1v) is 8.79. The van der Waals surface area contributed by atoms with Gasteiger partial charge in [-0.2, -0.15) is 5.10 Å². The molecule has 7 heteroatoms. The molecule has 25 heavy (non-hydrogen) atoms. The molecule has 7 nitrogen and oxygen atoms in total. The molecule has 1 saturated heterocycles. The van der Waals surface area contributed by atoms with Crippen LogP contribution in [0.4, 0.5) is 0 Å². The number of hydrogen-bond donors (Lipinski definition) is 1. The van der Waals surface area contributed by atoms with Crippen molar-refractivity contribution >= 4 is 5.96 Å². The van der Waals surface area contributed by atoms with Crippen molar-refractivity contribution < 1.29 is 4.74 Å². The standard InChI is InChI=1S/C18H26N6O/c1-3-19-18(21-9-7-16-6-4-5-8-20-16)24-10-11-25-17(14-24)15-12-22-23(2)13-15/h4-6,8,12-13,17H,3,7,9-11,14H2,1-2H3,(H,19,21). The Balaban J connectivity index is 1.63. The second-order valence-electron chi connectivity index (χ2n) is 6.06. The Kier molecular flexibility index (Phi) is 6.00. The number of ether oxygens (including phenoxy) is 1. The number of nitrogens with one attached hydrogen (secondary N) is 1. The molecule has 1 N–H and O–H groups in total. The lowest BCUT2D eigenvalue weighted by molar-refractivity contribution is -0.00803. The summed E-state index contributed by atoms with van der Waals surface area (Å²) in [5.74, 6) is 0.940. The highest BCUT2D eigenvalue weighted by molar-refractivity contribution is 5.80. The smallest absolute Gasteiger partial charge is 0.194 e. The molecule has 0 amide bonds. The second kappa shape index (κ2) is 8.62. The largest absolute Gasteiger partial charge is 0.370 e. The Hall–Kier alpha value is -2.41. The molecule has 3 rings (SSSR count). The van der Waals surface area contributed by atoms with Crippen molar-refractivity contribution in [3.05, 3.63) is 48.0 Å². The van der Waals surface area contributed by atoms with Crippen LogP contribution in [0.15, 0.2) is 41.8 Å². The van der Waals surface area contributed by atoms with Crippen LogP contribution in [0, 0.1) is 0 Å². The quantitative estimate of drug-likeness (QED) is 0.657. The van der Waals surface area contributed by atoms with Crippen LogP contribution in [-0.2, 0) is 18.2 Å². The number of pyridine rings is 1. The minimum Gasteiger partial charge on any atom is -0.370 e. The van der Waals surface area contributed by atoms with E-state index in [4.69, 9.17) is 9.73 Å². The first-order chi connectivity index (χ1) is 12.3. The molecular formula is C18H26N6O. The van der Waals surface area contributed by atoms with Crippen LogP contribution in [0.2, 0.25) is 0 Å². The first kappa shape index (κ1) is 17.4. The van der Waals surface area contributed by atoms with E-state index in [2.05, 4.69) is 27.2 Å². The number of rotatable bonds is 5. The van der Waals surface area contributed by atoms with Crippen LogP contribution in [0.3, 0.4) is 0 Å². The number of nitrogens with zero attached hydrogens (tertiary/aromatic N) is 5. The van der Waals surface area contributed by atoms with Gasteiger partial charge in [-0.3, -0.25) is 14.7 Å². The maximum absolute atomic E-state index is 5.92. The van der Waals surface area contributed by atoms with Crippen molar-refractivity contribution in [2.75, 3.05) is 32.8 Å². The summed E-state index contributed by atoms with van der Waals surface area (Å²) in [6.07, 6.45) is 6.58. The van der Waals surface area contributed by atoms with Gasteiger partial charge in [-0.15, -0.1) is 0 Å². The molecule has 1 unspecified atom stereocenters. The normalized spacial score (nSPS) is 18.4. The highest BCUT2D eigenvalue weighted by Crippen LogP contribution is 2.21. The van der Waals surface area contributed by atoms with Crippen molar-refractivity contribution in [3.63, 3.8) is 0 Å². The Bertz CT molecular complexity index is 684. The molecule has 1 aliphatic rings. The second-order valence-corrected chi connectivity index (χ2v) is 6.06. The van der Waals surface area contributed by atoms with Gasteiger partial charge in [0, 0.05) is 56.8 Å². The topological polar surface area (TPSA) is 67.6 Å². The maximum atomic E-state index is 5.92. The monoisotopic (exact) mass is 342 g/mol. The van der Waals surface area contributed by atoms with Gasteiger partial charge in [-0.1, -0.05) is 6.07 Å². The van der Waals surface area contributed by atoms with E-state index >= 15 is 0 Å². The Morgan fingerprint density at radius 3 is 3.08 bits per heavy atom. The third kappa shape index (κ3) is 4.79. The fourth-order valence-electron chi connectivity index (χ4n) is 2.90. The number of guanidine groups is 1. The predicted molar refractivity (Wildman–Crippen MR) is 97.4 cm³/mol. The molecule has 0 bridgehead atoms. The molecule has 0 spiro atoms. The zero-order valence-electron chi connectivity index (χ0n) is 14.9. The molecule has 0 aliphatic carbocycles. The molecular weight excluding hydrogens is 316 g/mol. The predicted octanol–water partition coefficient (Wildman–Crippen LogP) is 1.40. The summed E-state index contributed by atoms with van der Waals surface area (Å²) in [4.78, 5) is 11.4. The maximum Gasteiger partial charge on any atom is 0.194 e. The van der Waals surface area contributed by atoms with Crippen molar-refractivity contribution in [3.8, 4) is 0 Å². The highest BCUT2D eigenvalue weighted by atomic mass is 16.5. The lowest BCUT2D eigenvalue weighted by Crippen LogP contribution is -2.48. The third-order valence-corrected chi connectivity index (χ3v) is 4.15. The summed E-state index contributed by atoms with van der Waals surface area (Å²) in [5, 5.41) is 7.64. The summed E-state index contributed by atoms with van der Waals surface area (Å²) in [6, 6.07) is 5.98. The van der Waals surface area contributed by atoms with Gasteiger partial charge in [0.15, 0.2) is 5.96 Å². The third-order valence-electron chi connectivity index (χ3n) is 4.15. The van der Waals surface area contributed by atoms with E-state index in [0.717, 1.165) is 43.3 Å². The Morgan fingerprint density at radius 1 is 1.44 bits per heavy atom. The SMILES string of the molecule is CCNC(=NCCc1ccccn1)N1CCOC(c2cnn(C)c2)C1.